The van der Waals surface area contributed by atoms with Gasteiger partial charge in [0, 0.05) is 13.1 Å². The minimum Gasteiger partial charge on any atom is -0.493 e. The average molecular weight is 490 g/mol. The van der Waals surface area contributed by atoms with Gasteiger partial charge in [-0.1, -0.05) is 29.4 Å². The molecule has 1 saturated heterocycles. The van der Waals surface area contributed by atoms with Gasteiger partial charge < -0.3 is 14.0 Å². The average Bonchev–Trinajstić information content (AvgIpc) is 3.32. The number of rotatable bonds is 8. The van der Waals surface area contributed by atoms with Crippen molar-refractivity contribution in [3.63, 3.8) is 0 Å². The third kappa shape index (κ3) is 5.10. The molecule has 9 nitrogen and oxygen atoms in total. The zero-order valence-electron chi connectivity index (χ0n) is 18.5. The number of carbonyl (C=O) groups is 1. The van der Waals surface area contributed by atoms with Crippen LogP contribution in [-0.2, 0) is 26.2 Å². The topological polar surface area (TPSA) is 112 Å². The lowest BCUT2D eigenvalue weighted by atomic mass is 9.98. The molecule has 1 aliphatic heterocycles. The zero-order chi connectivity index (χ0) is 24.1. The predicted octanol–water partition coefficient (Wildman–Crippen LogP) is 3.42. The maximum Gasteiger partial charge on any atom is 0.309 e. The SMILES string of the molecule is CCOc1ccccc1-c1noc(COC(=O)C2CCN(S(=O)(=O)c3ccccc3F)CC2)n1. The first-order chi connectivity index (χ1) is 16.4. The van der Waals surface area contributed by atoms with Crippen LogP contribution in [0.15, 0.2) is 57.9 Å². The molecule has 0 unspecified atom stereocenters. The summed E-state index contributed by atoms with van der Waals surface area (Å²) in [6.45, 7) is 2.35. The monoisotopic (exact) mass is 489 g/mol. The number of hydrogen-bond donors (Lipinski definition) is 0. The molecule has 0 N–H and O–H groups in total. The Balaban J connectivity index is 1.32. The lowest BCUT2D eigenvalue weighted by molar-refractivity contribution is -0.152. The molecule has 180 valence electrons. The lowest BCUT2D eigenvalue weighted by Crippen LogP contribution is -2.40. The summed E-state index contributed by atoms with van der Waals surface area (Å²) in [7, 11) is -3.97. The fraction of sp³-hybridized carbons (Fsp3) is 0.348. The number of sulfonamides is 1. The maximum absolute atomic E-state index is 14.0. The first-order valence-electron chi connectivity index (χ1n) is 10.9. The second kappa shape index (κ2) is 10.3. The maximum atomic E-state index is 14.0. The second-order valence-corrected chi connectivity index (χ2v) is 9.56. The Labute approximate surface area is 196 Å². The van der Waals surface area contributed by atoms with E-state index in [1.807, 2.05) is 19.1 Å². The predicted molar refractivity (Wildman–Crippen MR) is 119 cm³/mol. The highest BCUT2D eigenvalue weighted by molar-refractivity contribution is 7.89. The van der Waals surface area contributed by atoms with E-state index in [-0.39, 0.29) is 43.3 Å². The summed E-state index contributed by atoms with van der Waals surface area (Å²) in [4.78, 5) is 16.4. The quantitative estimate of drug-likeness (QED) is 0.443. The summed E-state index contributed by atoms with van der Waals surface area (Å²) >= 11 is 0. The van der Waals surface area contributed by atoms with Crippen molar-refractivity contribution in [2.45, 2.75) is 31.3 Å². The van der Waals surface area contributed by atoms with Gasteiger partial charge in [-0.2, -0.15) is 9.29 Å². The van der Waals surface area contributed by atoms with Gasteiger partial charge in [-0.3, -0.25) is 4.79 Å². The number of benzene rings is 2. The number of aromatic nitrogens is 2. The van der Waals surface area contributed by atoms with Gasteiger partial charge in [-0.25, -0.2) is 12.8 Å². The van der Waals surface area contributed by atoms with Crippen molar-refractivity contribution >= 4 is 16.0 Å². The Bertz CT molecular complexity index is 1250. The smallest absolute Gasteiger partial charge is 0.309 e. The third-order valence-corrected chi connectivity index (χ3v) is 7.41. The van der Waals surface area contributed by atoms with Crippen LogP contribution >= 0.6 is 0 Å². The molecular formula is C23H24FN3O6S. The normalized spacial score (nSPS) is 15.2. The number of nitrogens with zero attached hydrogens (tertiary/aromatic N) is 3. The molecule has 1 aliphatic rings. The molecule has 4 rings (SSSR count). The van der Waals surface area contributed by atoms with Gasteiger partial charge in [0.2, 0.25) is 15.8 Å². The van der Waals surface area contributed by atoms with Crippen LogP contribution < -0.4 is 4.74 Å². The number of hydrogen-bond acceptors (Lipinski definition) is 8. The molecule has 0 atom stereocenters. The molecule has 0 spiro atoms. The molecule has 2 aromatic carbocycles. The second-order valence-electron chi connectivity index (χ2n) is 7.66. The van der Waals surface area contributed by atoms with Crippen LogP contribution in [0.2, 0.25) is 0 Å². The highest BCUT2D eigenvalue weighted by Gasteiger charge is 2.34. The van der Waals surface area contributed by atoms with E-state index >= 15 is 0 Å². The summed E-state index contributed by atoms with van der Waals surface area (Å²) in [6, 6.07) is 12.5. The molecular weight excluding hydrogens is 465 g/mol. The molecule has 2 heterocycles. The molecule has 3 aromatic rings. The van der Waals surface area contributed by atoms with E-state index in [0.29, 0.717) is 23.7 Å². The largest absolute Gasteiger partial charge is 0.493 e. The van der Waals surface area contributed by atoms with Gasteiger partial charge >= 0.3 is 5.97 Å². The fourth-order valence-electron chi connectivity index (χ4n) is 3.73. The van der Waals surface area contributed by atoms with Gasteiger partial charge in [-0.05, 0) is 44.0 Å². The van der Waals surface area contributed by atoms with Crippen LogP contribution in [0.25, 0.3) is 11.4 Å². The zero-order valence-corrected chi connectivity index (χ0v) is 19.3. The van der Waals surface area contributed by atoms with Gasteiger partial charge in [0.05, 0.1) is 18.1 Å². The molecule has 34 heavy (non-hydrogen) atoms. The first kappa shape index (κ1) is 23.8. The van der Waals surface area contributed by atoms with E-state index in [0.717, 1.165) is 6.07 Å². The van der Waals surface area contributed by atoms with Crippen molar-refractivity contribution in [2.75, 3.05) is 19.7 Å². The molecule has 0 aliphatic carbocycles. The molecule has 0 radical (unpaired) electrons. The first-order valence-corrected chi connectivity index (χ1v) is 12.3. The van der Waals surface area contributed by atoms with Crippen molar-refractivity contribution in [3.05, 3.63) is 60.2 Å². The lowest BCUT2D eigenvalue weighted by Gasteiger charge is -2.30. The number of esters is 1. The summed E-state index contributed by atoms with van der Waals surface area (Å²) in [5.41, 5.74) is 0.661. The fourth-order valence-corrected chi connectivity index (χ4v) is 5.27. The standard InChI is InChI=1S/C23H24FN3O6S/c1-2-31-19-9-5-3-7-17(19)22-25-21(33-26-22)15-32-23(28)16-11-13-27(14-12-16)34(29,30)20-10-6-4-8-18(20)24/h3-10,16H,2,11-15H2,1H3. The van der Waals surface area contributed by atoms with Gasteiger partial charge in [0.1, 0.15) is 16.5 Å². The number of halogens is 1. The third-order valence-electron chi connectivity index (χ3n) is 5.48. The van der Waals surface area contributed by atoms with Crippen LogP contribution in [0.4, 0.5) is 4.39 Å². The Morgan fingerprint density at radius 1 is 1.15 bits per heavy atom. The molecule has 0 saturated carbocycles. The van der Waals surface area contributed by atoms with Crippen LogP contribution in [0.3, 0.4) is 0 Å². The number of ether oxygens (including phenoxy) is 2. The Kier molecular flexibility index (Phi) is 7.23. The summed E-state index contributed by atoms with van der Waals surface area (Å²) in [5, 5.41) is 3.93. The van der Waals surface area contributed by atoms with E-state index in [1.54, 1.807) is 12.1 Å². The molecule has 11 heteroatoms. The summed E-state index contributed by atoms with van der Waals surface area (Å²) in [6.07, 6.45) is 0.534. The van der Waals surface area contributed by atoms with Crippen molar-refractivity contribution in [1.29, 1.82) is 0 Å². The van der Waals surface area contributed by atoms with Gasteiger partial charge in [0.25, 0.3) is 5.89 Å². The Morgan fingerprint density at radius 3 is 2.59 bits per heavy atom. The van der Waals surface area contributed by atoms with E-state index in [9.17, 15) is 17.6 Å². The molecule has 0 bridgehead atoms. The minimum absolute atomic E-state index is 0.0926. The van der Waals surface area contributed by atoms with Crippen LogP contribution in [0, 0.1) is 11.7 Å². The van der Waals surface area contributed by atoms with E-state index in [2.05, 4.69) is 10.1 Å². The molecule has 0 amide bonds. The van der Waals surface area contributed by atoms with Crippen molar-refractivity contribution < 1.29 is 31.6 Å². The number of piperidine rings is 1. The molecule has 1 fully saturated rings. The Hall–Kier alpha value is -3.31. The van der Waals surface area contributed by atoms with Crippen LogP contribution in [-0.4, -0.2) is 48.5 Å². The van der Waals surface area contributed by atoms with Crippen molar-refractivity contribution in [2.24, 2.45) is 5.92 Å². The number of para-hydroxylation sites is 1. The summed E-state index contributed by atoms with van der Waals surface area (Å²) < 4.78 is 56.7. The minimum atomic E-state index is -3.97. The highest BCUT2D eigenvalue weighted by Crippen LogP contribution is 2.28. The van der Waals surface area contributed by atoms with E-state index < -0.39 is 27.7 Å². The van der Waals surface area contributed by atoms with Crippen molar-refractivity contribution in [1.82, 2.24) is 14.4 Å². The highest BCUT2D eigenvalue weighted by atomic mass is 32.2. The van der Waals surface area contributed by atoms with Crippen LogP contribution in [0.5, 0.6) is 5.75 Å². The Morgan fingerprint density at radius 2 is 1.85 bits per heavy atom. The number of carbonyl (C=O) groups excluding carboxylic acids is 1. The van der Waals surface area contributed by atoms with E-state index in [1.165, 1.54) is 22.5 Å². The summed E-state index contributed by atoms with van der Waals surface area (Å²) in [5.74, 6) is -0.681. The van der Waals surface area contributed by atoms with E-state index in [4.69, 9.17) is 14.0 Å². The van der Waals surface area contributed by atoms with Gasteiger partial charge in [0.15, 0.2) is 6.61 Å². The van der Waals surface area contributed by atoms with Crippen LogP contribution in [0.1, 0.15) is 25.7 Å². The van der Waals surface area contributed by atoms with Crippen molar-refractivity contribution in [3.8, 4) is 17.1 Å². The van der Waals surface area contributed by atoms with Gasteiger partial charge in [-0.15, -0.1) is 0 Å². The molecule has 1 aromatic heterocycles.